The second kappa shape index (κ2) is 10.6. The van der Waals surface area contributed by atoms with Crippen LogP contribution in [0.15, 0.2) is 47.5 Å². The van der Waals surface area contributed by atoms with Crippen molar-refractivity contribution in [2.75, 3.05) is 39.2 Å². The Labute approximate surface area is 163 Å². The van der Waals surface area contributed by atoms with Crippen LogP contribution in [0.2, 0.25) is 0 Å². The van der Waals surface area contributed by atoms with Crippen LogP contribution in [0.1, 0.15) is 5.56 Å². The second-order valence-corrected chi connectivity index (χ2v) is 5.83. The number of aliphatic imine (C=N–C) groups is 1. The van der Waals surface area contributed by atoms with Gasteiger partial charge in [0.2, 0.25) is 0 Å². The Morgan fingerprint density at radius 3 is 2.61 bits per heavy atom. The zero-order valence-electron chi connectivity index (χ0n) is 16.0. The first-order valence-electron chi connectivity index (χ1n) is 8.77. The van der Waals surface area contributed by atoms with Crippen LogP contribution < -0.4 is 25.8 Å². The van der Waals surface area contributed by atoms with Gasteiger partial charge < -0.3 is 25.8 Å². The first-order valence-corrected chi connectivity index (χ1v) is 8.77. The molecule has 0 aliphatic heterocycles. The van der Waals surface area contributed by atoms with Crippen molar-refractivity contribution in [1.29, 1.82) is 0 Å². The molecule has 9 nitrogen and oxygen atoms in total. The number of benzene rings is 2. The molecule has 0 aliphatic rings. The number of para-hydroxylation sites is 2. The maximum atomic E-state index is 11.0. The first-order chi connectivity index (χ1) is 13.5. The molecule has 0 saturated carbocycles. The molecule has 150 valence electrons. The van der Waals surface area contributed by atoms with Crippen molar-refractivity contribution >= 4 is 17.3 Å². The third-order valence-electron chi connectivity index (χ3n) is 3.98. The van der Waals surface area contributed by atoms with Crippen molar-refractivity contribution in [1.82, 2.24) is 5.32 Å². The molecule has 4 N–H and O–H groups in total. The summed E-state index contributed by atoms with van der Waals surface area (Å²) in [6, 6.07) is 12.2. The van der Waals surface area contributed by atoms with Gasteiger partial charge in [-0.3, -0.25) is 15.1 Å². The summed E-state index contributed by atoms with van der Waals surface area (Å²) in [4.78, 5) is 14.8. The van der Waals surface area contributed by atoms with Gasteiger partial charge in [-0.2, -0.15) is 0 Å². The summed E-state index contributed by atoms with van der Waals surface area (Å²) < 4.78 is 10.5. The van der Waals surface area contributed by atoms with Crippen LogP contribution in [-0.4, -0.2) is 44.7 Å². The van der Waals surface area contributed by atoms with Gasteiger partial charge in [-0.05, 0) is 30.2 Å². The summed E-state index contributed by atoms with van der Waals surface area (Å²) in [5, 5.41) is 17.0. The van der Waals surface area contributed by atoms with Gasteiger partial charge in [-0.15, -0.1) is 0 Å². The summed E-state index contributed by atoms with van der Waals surface area (Å²) >= 11 is 0. The lowest BCUT2D eigenvalue weighted by atomic mass is 10.1. The van der Waals surface area contributed by atoms with Gasteiger partial charge in [-0.1, -0.05) is 18.2 Å². The molecule has 0 unspecified atom stereocenters. The van der Waals surface area contributed by atoms with E-state index in [0.29, 0.717) is 49.2 Å². The lowest BCUT2D eigenvalue weighted by molar-refractivity contribution is -0.384. The van der Waals surface area contributed by atoms with Crippen molar-refractivity contribution < 1.29 is 14.4 Å². The van der Waals surface area contributed by atoms with Gasteiger partial charge >= 0.3 is 0 Å². The second-order valence-electron chi connectivity index (χ2n) is 5.83. The molecular formula is C19H25N5O4. The lowest BCUT2D eigenvalue weighted by Gasteiger charge is -2.10. The van der Waals surface area contributed by atoms with E-state index in [1.807, 2.05) is 18.2 Å². The van der Waals surface area contributed by atoms with Crippen LogP contribution in [0.25, 0.3) is 0 Å². The predicted octanol–water partition coefficient (Wildman–Crippen LogP) is 2.17. The fraction of sp³-hybridized carbons (Fsp3) is 0.316. The molecule has 2 aromatic rings. The molecule has 0 saturated heterocycles. The number of methoxy groups -OCH3 is 2. The Hall–Kier alpha value is -3.49. The Morgan fingerprint density at radius 1 is 1.14 bits per heavy atom. The number of nitro groups is 1. The van der Waals surface area contributed by atoms with E-state index in [1.165, 1.54) is 6.07 Å². The molecule has 2 aromatic carbocycles. The topological polar surface area (TPSA) is 124 Å². The fourth-order valence-electron chi connectivity index (χ4n) is 2.57. The summed E-state index contributed by atoms with van der Waals surface area (Å²) in [6.45, 7) is 1.47. The van der Waals surface area contributed by atoms with Crippen LogP contribution >= 0.6 is 0 Å². The maximum Gasteiger partial charge on any atom is 0.292 e. The molecule has 0 atom stereocenters. The van der Waals surface area contributed by atoms with E-state index in [-0.39, 0.29) is 5.69 Å². The van der Waals surface area contributed by atoms with Crippen LogP contribution in [-0.2, 0) is 6.42 Å². The largest absolute Gasteiger partial charge is 0.493 e. The number of ether oxygens (including phenoxy) is 2. The van der Waals surface area contributed by atoms with Gasteiger partial charge in [0.15, 0.2) is 17.5 Å². The minimum Gasteiger partial charge on any atom is -0.493 e. The predicted molar refractivity (Wildman–Crippen MR) is 109 cm³/mol. The normalized spacial score (nSPS) is 11.0. The molecule has 0 amide bonds. The Kier molecular flexibility index (Phi) is 7.89. The Balaban J connectivity index is 1.76. The monoisotopic (exact) mass is 387 g/mol. The molecule has 9 heteroatoms. The van der Waals surface area contributed by atoms with E-state index >= 15 is 0 Å². The van der Waals surface area contributed by atoms with Crippen molar-refractivity contribution in [2.24, 2.45) is 10.7 Å². The molecule has 0 aromatic heterocycles. The number of hydrogen-bond acceptors (Lipinski definition) is 6. The number of nitrogens with one attached hydrogen (secondary N) is 2. The number of guanidine groups is 1. The summed E-state index contributed by atoms with van der Waals surface area (Å²) in [5.74, 6) is 1.68. The molecule has 0 heterocycles. The fourth-order valence-corrected chi connectivity index (χ4v) is 2.57. The smallest absolute Gasteiger partial charge is 0.292 e. The highest BCUT2D eigenvalue weighted by Gasteiger charge is 2.11. The molecule has 0 fully saturated rings. The third-order valence-corrected chi connectivity index (χ3v) is 3.98. The van der Waals surface area contributed by atoms with E-state index in [9.17, 15) is 10.1 Å². The number of anilines is 1. The van der Waals surface area contributed by atoms with E-state index < -0.39 is 4.92 Å². The molecule has 28 heavy (non-hydrogen) atoms. The van der Waals surface area contributed by atoms with Crippen molar-refractivity contribution in [3.8, 4) is 11.5 Å². The number of hydrogen-bond donors (Lipinski definition) is 3. The number of nitro benzene ring substituents is 1. The SMILES string of the molecule is COc1ccc(CCN=C(N)NCCNc2ccccc2[N+](=O)[O-])cc1OC. The quantitative estimate of drug-likeness (QED) is 0.188. The first kappa shape index (κ1) is 20.8. The highest BCUT2D eigenvalue weighted by Crippen LogP contribution is 2.27. The van der Waals surface area contributed by atoms with Gasteiger partial charge in [0, 0.05) is 25.7 Å². The molecule has 0 radical (unpaired) electrons. The lowest BCUT2D eigenvalue weighted by Crippen LogP contribution is -2.35. The Morgan fingerprint density at radius 2 is 1.89 bits per heavy atom. The van der Waals surface area contributed by atoms with E-state index in [4.69, 9.17) is 15.2 Å². The highest BCUT2D eigenvalue weighted by molar-refractivity contribution is 5.77. The standard InChI is InChI=1S/C19H25N5O4/c1-27-17-8-7-14(13-18(17)28-2)9-10-22-19(20)23-12-11-21-15-5-3-4-6-16(15)24(25)26/h3-8,13,21H,9-12H2,1-2H3,(H3,20,22,23). The molecule has 2 rings (SSSR count). The van der Waals surface area contributed by atoms with Crippen LogP contribution in [0.5, 0.6) is 11.5 Å². The summed E-state index contributed by atoms with van der Waals surface area (Å²) in [5.41, 5.74) is 7.43. The van der Waals surface area contributed by atoms with Crippen LogP contribution in [0.3, 0.4) is 0 Å². The zero-order chi connectivity index (χ0) is 20.4. The number of nitrogens with two attached hydrogens (primary N) is 1. The van der Waals surface area contributed by atoms with Crippen LogP contribution in [0, 0.1) is 10.1 Å². The van der Waals surface area contributed by atoms with E-state index in [2.05, 4.69) is 15.6 Å². The molecular weight excluding hydrogens is 362 g/mol. The maximum absolute atomic E-state index is 11.0. The molecule has 0 bridgehead atoms. The van der Waals surface area contributed by atoms with Gasteiger partial charge in [-0.25, -0.2) is 0 Å². The zero-order valence-corrected chi connectivity index (χ0v) is 16.0. The third kappa shape index (κ3) is 6.04. The van der Waals surface area contributed by atoms with Gasteiger partial charge in [0.05, 0.1) is 19.1 Å². The highest BCUT2D eigenvalue weighted by atomic mass is 16.6. The number of rotatable bonds is 10. The minimum absolute atomic E-state index is 0.0408. The van der Waals surface area contributed by atoms with E-state index in [1.54, 1.807) is 32.4 Å². The average molecular weight is 387 g/mol. The van der Waals surface area contributed by atoms with Crippen molar-refractivity contribution in [2.45, 2.75) is 6.42 Å². The molecule has 0 aliphatic carbocycles. The van der Waals surface area contributed by atoms with Crippen LogP contribution in [0.4, 0.5) is 11.4 Å². The summed E-state index contributed by atoms with van der Waals surface area (Å²) in [6.07, 6.45) is 0.706. The van der Waals surface area contributed by atoms with Crippen molar-refractivity contribution in [3.63, 3.8) is 0 Å². The molecule has 0 spiro atoms. The van der Waals surface area contributed by atoms with Gasteiger partial charge in [0.1, 0.15) is 5.69 Å². The van der Waals surface area contributed by atoms with Gasteiger partial charge in [0.25, 0.3) is 5.69 Å². The minimum atomic E-state index is -0.417. The Bertz CT molecular complexity index is 826. The summed E-state index contributed by atoms with van der Waals surface area (Å²) in [7, 11) is 3.19. The van der Waals surface area contributed by atoms with Crippen molar-refractivity contribution in [3.05, 3.63) is 58.1 Å². The van der Waals surface area contributed by atoms with E-state index in [0.717, 1.165) is 5.56 Å². The average Bonchev–Trinajstić information content (AvgIpc) is 2.71. The number of nitrogens with zero attached hydrogens (tertiary/aromatic N) is 2.